The molecule has 1 amide bonds. The molecule has 1 saturated heterocycles. The topological polar surface area (TPSA) is 48.5 Å². The molecule has 3 aromatic rings. The highest BCUT2D eigenvalue weighted by Gasteiger charge is 2.15. The zero-order valence-corrected chi connectivity index (χ0v) is 16.3. The number of aromatic nitrogens is 1. The molecule has 1 aromatic heterocycles. The molecule has 0 atom stereocenters. The summed E-state index contributed by atoms with van der Waals surface area (Å²) in [5, 5.41) is 3.87. The second kappa shape index (κ2) is 8.50. The predicted octanol–water partition coefficient (Wildman–Crippen LogP) is 3.62. The van der Waals surface area contributed by atoms with Crippen molar-refractivity contribution in [3.8, 4) is 0 Å². The monoisotopic (exact) mass is 374 g/mol. The zero-order chi connectivity index (χ0) is 19.3. The largest absolute Gasteiger partial charge is 0.322 e. The molecule has 4 rings (SSSR count). The first kappa shape index (κ1) is 18.6. The number of rotatable bonds is 5. The van der Waals surface area contributed by atoms with Gasteiger partial charge in [0, 0.05) is 50.0 Å². The van der Waals surface area contributed by atoms with Gasteiger partial charge in [-0.1, -0.05) is 37.3 Å². The van der Waals surface area contributed by atoms with Gasteiger partial charge in [0.15, 0.2) is 0 Å². The van der Waals surface area contributed by atoms with Gasteiger partial charge >= 0.3 is 0 Å². The molecule has 0 saturated carbocycles. The van der Waals surface area contributed by atoms with Crippen LogP contribution in [0.15, 0.2) is 60.8 Å². The van der Waals surface area contributed by atoms with Crippen LogP contribution in [-0.4, -0.2) is 53.4 Å². The van der Waals surface area contributed by atoms with E-state index in [1.165, 1.54) is 5.56 Å². The number of pyridine rings is 1. The molecular formula is C23H26N4O. The SMILES string of the molecule is CCN1CCN(Cc2ccc(NC(=O)c3ccnc4ccccc34)cc2)CC1. The van der Waals surface area contributed by atoms with Crippen LogP contribution in [0, 0.1) is 0 Å². The van der Waals surface area contributed by atoms with Gasteiger partial charge in [0.05, 0.1) is 11.1 Å². The maximum Gasteiger partial charge on any atom is 0.256 e. The summed E-state index contributed by atoms with van der Waals surface area (Å²) in [6, 6.07) is 17.6. The molecular weight excluding hydrogens is 348 g/mol. The summed E-state index contributed by atoms with van der Waals surface area (Å²) in [5.41, 5.74) is 3.56. The summed E-state index contributed by atoms with van der Waals surface area (Å²) < 4.78 is 0. The van der Waals surface area contributed by atoms with Crippen molar-refractivity contribution in [3.05, 3.63) is 71.9 Å². The maximum absolute atomic E-state index is 12.7. The van der Waals surface area contributed by atoms with E-state index in [4.69, 9.17) is 0 Å². The van der Waals surface area contributed by atoms with Gasteiger partial charge in [-0.25, -0.2) is 0 Å². The number of likely N-dealkylation sites (N-methyl/N-ethyl adjacent to an activating group) is 1. The summed E-state index contributed by atoms with van der Waals surface area (Å²) >= 11 is 0. The molecule has 5 heteroatoms. The highest BCUT2D eigenvalue weighted by atomic mass is 16.1. The summed E-state index contributed by atoms with van der Waals surface area (Å²) in [6.07, 6.45) is 1.68. The Bertz CT molecular complexity index is 941. The number of nitrogens with one attached hydrogen (secondary N) is 1. The van der Waals surface area contributed by atoms with Crippen LogP contribution in [0.4, 0.5) is 5.69 Å². The Kier molecular flexibility index (Phi) is 5.65. The number of carbonyl (C=O) groups excluding carboxylic acids is 1. The minimum atomic E-state index is -0.109. The van der Waals surface area contributed by atoms with Crippen LogP contribution in [0.3, 0.4) is 0 Å². The molecule has 2 aromatic carbocycles. The van der Waals surface area contributed by atoms with Gasteiger partial charge in [-0.15, -0.1) is 0 Å². The third-order valence-corrected chi connectivity index (χ3v) is 5.42. The number of carbonyl (C=O) groups is 1. The lowest BCUT2D eigenvalue weighted by molar-refractivity contribution is 0.102. The minimum Gasteiger partial charge on any atom is -0.322 e. The number of hydrogen-bond donors (Lipinski definition) is 1. The Morgan fingerprint density at radius 3 is 2.43 bits per heavy atom. The number of para-hydroxylation sites is 1. The Morgan fingerprint density at radius 1 is 0.964 bits per heavy atom. The van der Waals surface area contributed by atoms with Gasteiger partial charge in [-0.2, -0.15) is 0 Å². The smallest absolute Gasteiger partial charge is 0.256 e. The van der Waals surface area contributed by atoms with Crippen LogP contribution in [0.1, 0.15) is 22.8 Å². The first-order valence-electron chi connectivity index (χ1n) is 9.91. The van der Waals surface area contributed by atoms with Gasteiger partial charge in [0.25, 0.3) is 5.91 Å². The molecule has 1 aliphatic heterocycles. The molecule has 0 unspecified atom stereocenters. The standard InChI is InChI=1S/C23H26N4O/c1-2-26-13-15-27(16-14-26)17-18-7-9-19(10-8-18)25-23(28)21-11-12-24-22-6-4-3-5-20(21)22/h3-12H,2,13-17H2,1H3,(H,25,28). The normalized spacial score (nSPS) is 15.6. The molecule has 0 bridgehead atoms. The molecule has 144 valence electrons. The van der Waals surface area contributed by atoms with Gasteiger partial charge in [0.2, 0.25) is 0 Å². The van der Waals surface area contributed by atoms with E-state index in [0.29, 0.717) is 5.56 Å². The number of anilines is 1. The Hall–Kier alpha value is -2.76. The van der Waals surface area contributed by atoms with Crippen molar-refractivity contribution in [2.24, 2.45) is 0 Å². The number of hydrogen-bond acceptors (Lipinski definition) is 4. The van der Waals surface area contributed by atoms with Crippen molar-refractivity contribution >= 4 is 22.5 Å². The van der Waals surface area contributed by atoms with Crippen molar-refractivity contribution < 1.29 is 4.79 Å². The van der Waals surface area contributed by atoms with E-state index in [9.17, 15) is 4.79 Å². The van der Waals surface area contributed by atoms with E-state index in [2.05, 4.69) is 39.2 Å². The van der Waals surface area contributed by atoms with Crippen LogP contribution in [0.5, 0.6) is 0 Å². The summed E-state index contributed by atoms with van der Waals surface area (Å²) in [7, 11) is 0. The molecule has 1 N–H and O–H groups in total. The number of nitrogens with zero attached hydrogens (tertiary/aromatic N) is 3. The average Bonchev–Trinajstić information content (AvgIpc) is 2.75. The lowest BCUT2D eigenvalue weighted by Crippen LogP contribution is -2.45. The van der Waals surface area contributed by atoms with Crippen molar-refractivity contribution in [2.75, 3.05) is 38.0 Å². The molecule has 1 fully saturated rings. The molecule has 2 heterocycles. The van der Waals surface area contributed by atoms with E-state index >= 15 is 0 Å². The van der Waals surface area contributed by atoms with E-state index < -0.39 is 0 Å². The summed E-state index contributed by atoms with van der Waals surface area (Å²) in [6.45, 7) is 8.82. The molecule has 0 spiro atoms. The third-order valence-electron chi connectivity index (χ3n) is 5.42. The van der Waals surface area contributed by atoms with Crippen molar-refractivity contribution in [2.45, 2.75) is 13.5 Å². The molecule has 28 heavy (non-hydrogen) atoms. The van der Waals surface area contributed by atoms with Crippen LogP contribution in [0.25, 0.3) is 10.9 Å². The number of amides is 1. The van der Waals surface area contributed by atoms with Gasteiger partial charge in [-0.05, 0) is 36.4 Å². The fourth-order valence-corrected chi connectivity index (χ4v) is 3.71. The summed E-state index contributed by atoms with van der Waals surface area (Å²) in [5.74, 6) is -0.109. The fraction of sp³-hybridized carbons (Fsp3) is 0.304. The zero-order valence-electron chi connectivity index (χ0n) is 16.3. The highest BCUT2D eigenvalue weighted by molar-refractivity contribution is 6.12. The second-order valence-electron chi connectivity index (χ2n) is 7.24. The van der Waals surface area contributed by atoms with Crippen LogP contribution in [-0.2, 0) is 6.54 Å². The minimum absolute atomic E-state index is 0.109. The average molecular weight is 374 g/mol. The van der Waals surface area contributed by atoms with Crippen molar-refractivity contribution in [1.29, 1.82) is 0 Å². The number of fused-ring (bicyclic) bond motifs is 1. The van der Waals surface area contributed by atoms with Crippen LogP contribution < -0.4 is 5.32 Å². The lowest BCUT2D eigenvalue weighted by atomic mass is 10.1. The molecule has 0 radical (unpaired) electrons. The lowest BCUT2D eigenvalue weighted by Gasteiger charge is -2.34. The highest BCUT2D eigenvalue weighted by Crippen LogP contribution is 2.19. The van der Waals surface area contributed by atoms with E-state index in [0.717, 1.165) is 55.9 Å². The molecule has 0 aliphatic carbocycles. The van der Waals surface area contributed by atoms with Crippen LogP contribution in [0.2, 0.25) is 0 Å². The van der Waals surface area contributed by atoms with Crippen molar-refractivity contribution in [3.63, 3.8) is 0 Å². The number of benzene rings is 2. The van der Waals surface area contributed by atoms with Gasteiger partial charge in [-0.3, -0.25) is 14.7 Å². The molecule has 5 nitrogen and oxygen atoms in total. The molecule has 1 aliphatic rings. The van der Waals surface area contributed by atoms with Gasteiger partial charge < -0.3 is 10.2 Å². The van der Waals surface area contributed by atoms with E-state index in [1.54, 1.807) is 12.3 Å². The number of piperazine rings is 1. The Morgan fingerprint density at radius 2 is 1.68 bits per heavy atom. The predicted molar refractivity (Wildman–Crippen MR) is 114 cm³/mol. The van der Waals surface area contributed by atoms with Gasteiger partial charge in [0.1, 0.15) is 0 Å². The second-order valence-corrected chi connectivity index (χ2v) is 7.24. The van der Waals surface area contributed by atoms with Crippen LogP contribution >= 0.6 is 0 Å². The fourth-order valence-electron chi connectivity index (χ4n) is 3.71. The Balaban J connectivity index is 1.40. The third kappa shape index (κ3) is 4.21. The first-order valence-corrected chi connectivity index (χ1v) is 9.91. The first-order chi connectivity index (χ1) is 13.7. The van der Waals surface area contributed by atoms with E-state index in [1.807, 2.05) is 36.4 Å². The van der Waals surface area contributed by atoms with E-state index in [-0.39, 0.29) is 5.91 Å². The summed E-state index contributed by atoms with van der Waals surface area (Å²) in [4.78, 5) is 22.0. The van der Waals surface area contributed by atoms with Crippen molar-refractivity contribution in [1.82, 2.24) is 14.8 Å². The quantitative estimate of drug-likeness (QED) is 0.741. The maximum atomic E-state index is 12.7. The Labute approximate surface area is 166 Å².